The summed E-state index contributed by atoms with van der Waals surface area (Å²) in [5.74, 6) is 1.88. The highest BCUT2D eigenvalue weighted by Gasteiger charge is 2.13. The molecule has 4 heteroatoms. The van der Waals surface area contributed by atoms with Gasteiger partial charge in [0, 0.05) is 21.2 Å². The van der Waals surface area contributed by atoms with Gasteiger partial charge in [0.15, 0.2) is 17.5 Å². The molecule has 0 amide bonds. The molecule has 0 saturated carbocycles. The van der Waals surface area contributed by atoms with E-state index in [0.29, 0.717) is 17.5 Å². The lowest BCUT2D eigenvalue weighted by molar-refractivity contribution is 1.04. The Labute approximate surface area is 242 Å². The van der Waals surface area contributed by atoms with E-state index in [2.05, 4.69) is 53.4 Å². The van der Waals surface area contributed by atoms with Crippen LogP contribution in [0.4, 0.5) is 0 Å². The van der Waals surface area contributed by atoms with Crippen molar-refractivity contribution in [2.24, 2.45) is 0 Å². The Hall–Kier alpha value is -4.15. The third kappa shape index (κ3) is 9.59. The summed E-state index contributed by atoms with van der Waals surface area (Å²) in [6.45, 7) is 15.2. The van der Waals surface area contributed by atoms with E-state index in [9.17, 15) is 0 Å². The Balaban J connectivity index is 0.000000686. The number of hydrogen-bond donors (Lipinski definition) is 0. The first-order chi connectivity index (χ1) is 19.1. The summed E-state index contributed by atoms with van der Waals surface area (Å²) in [6, 6.07) is 26.5. The van der Waals surface area contributed by atoms with Gasteiger partial charge in [0.25, 0.3) is 0 Å². The van der Waals surface area contributed by atoms with Crippen molar-refractivity contribution >= 4 is 21.5 Å². The maximum Gasteiger partial charge on any atom is 0.164 e. The third-order valence-electron chi connectivity index (χ3n) is 5.20. The monoisotopic (exact) mass is 577 g/mol. The van der Waals surface area contributed by atoms with Crippen LogP contribution < -0.4 is 0 Å². The van der Waals surface area contributed by atoms with Gasteiger partial charge < -0.3 is 0 Å². The molecule has 0 radical (unpaired) electrons. The minimum atomic E-state index is 0.612. The summed E-state index contributed by atoms with van der Waals surface area (Å²) < 4.78 is 1.05. The second kappa shape index (κ2) is 17.4. The minimum Gasteiger partial charge on any atom is -0.208 e. The number of nitrogens with zero attached hydrogens (tertiary/aromatic N) is 3. The van der Waals surface area contributed by atoms with E-state index in [4.69, 9.17) is 15.0 Å². The van der Waals surface area contributed by atoms with Gasteiger partial charge in [-0.2, -0.15) is 0 Å². The smallest absolute Gasteiger partial charge is 0.164 e. The number of hydrogen-bond acceptors (Lipinski definition) is 3. The summed E-state index contributed by atoms with van der Waals surface area (Å²) in [6.07, 6.45) is 13.2. The van der Waals surface area contributed by atoms with Crippen molar-refractivity contribution in [1.29, 1.82) is 0 Å². The van der Waals surface area contributed by atoms with Crippen LogP contribution in [0, 0.1) is 0 Å². The van der Waals surface area contributed by atoms with E-state index in [1.807, 2.05) is 113 Å². The fourth-order valence-corrected chi connectivity index (χ4v) is 3.74. The fraction of sp³-hybridized carbons (Fsp3) is 0.114. The Bertz CT molecular complexity index is 1420. The average molecular weight is 579 g/mol. The molecule has 198 valence electrons. The summed E-state index contributed by atoms with van der Waals surface area (Å²) in [5.41, 5.74) is 5.00. The van der Waals surface area contributed by atoms with Crippen molar-refractivity contribution in [1.82, 2.24) is 15.0 Å². The van der Waals surface area contributed by atoms with Crippen molar-refractivity contribution in [3.05, 3.63) is 145 Å². The van der Waals surface area contributed by atoms with Gasteiger partial charge in [0.1, 0.15) is 0 Å². The van der Waals surface area contributed by atoms with Gasteiger partial charge in [-0.1, -0.05) is 146 Å². The molecule has 0 spiro atoms. The topological polar surface area (TPSA) is 38.7 Å². The van der Waals surface area contributed by atoms with Crippen LogP contribution in [0.5, 0.6) is 0 Å². The average Bonchev–Trinajstić information content (AvgIpc) is 2.99. The molecule has 3 aromatic carbocycles. The lowest BCUT2D eigenvalue weighted by Gasteiger charge is -2.10. The standard InChI is InChI=1S/C28H22BrN3.C5H8.C2H6/c1-3-9-21(10-4-2)26-30-27(22-11-6-5-7-12-22)32-28(31-26)24-14-8-13-23(19-24)20-15-17-25(29)18-16-20;1-3-5-4-2;1-2/h3-19H,1H2,2H3;3-5H,1H2,2H3;1-2H3/b10-4-,21-9+;5-4-;. The third-order valence-corrected chi connectivity index (χ3v) is 5.72. The van der Waals surface area contributed by atoms with Crippen molar-refractivity contribution < 1.29 is 0 Å². The predicted molar refractivity (Wildman–Crippen MR) is 173 cm³/mol. The van der Waals surface area contributed by atoms with Gasteiger partial charge in [-0.15, -0.1) is 0 Å². The Kier molecular flexibility index (Phi) is 13.8. The van der Waals surface area contributed by atoms with Gasteiger partial charge in [-0.05, 0) is 43.2 Å². The Morgan fingerprint density at radius 2 is 1.28 bits per heavy atom. The number of benzene rings is 3. The van der Waals surface area contributed by atoms with Crippen molar-refractivity contribution in [2.45, 2.75) is 27.7 Å². The minimum absolute atomic E-state index is 0.612. The number of allylic oxidation sites excluding steroid dienone is 8. The molecular formula is C35H36BrN3. The van der Waals surface area contributed by atoms with Crippen LogP contribution in [0.15, 0.2) is 139 Å². The molecule has 1 aromatic heterocycles. The van der Waals surface area contributed by atoms with E-state index < -0.39 is 0 Å². The van der Waals surface area contributed by atoms with E-state index >= 15 is 0 Å². The van der Waals surface area contributed by atoms with E-state index in [1.54, 1.807) is 12.2 Å². The van der Waals surface area contributed by atoms with Crippen LogP contribution in [0.3, 0.4) is 0 Å². The van der Waals surface area contributed by atoms with Crippen LogP contribution in [0.1, 0.15) is 33.5 Å². The molecule has 0 atom stereocenters. The van der Waals surface area contributed by atoms with Crippen LogP contribution in [-0.4, -0.2) is 15.0 Å². The first-order valence-corrected chi connectivity index (χ1v) is 13.8. The summed E-state index contributed by atoms with van der Waals surface area (Å²) in [7, 11) is 0. The van der Waals surface area contributed by atoms with Crippen LogP contribution in [0.25, 0.3) is 39.5 Å². The van der Waals surface area contributed by atoms with Gasteiger partial charge in [-0.3, -0.25) is 0 Å². The molecule has 4 aromatic rings. The van der Waals surface area contributed by atoms with Crippen LogP contribution in [0.2, 0.25) is 0 Å². The fourth-order valence-electron chi connectivity index (χ4n) is 3.48. The molecule has 0 fully saturated rings. The van der Waals surface area contributed by atoms with Crippen molar-refractivity contribution in [2.75, 3.05) is 0 Å². The Morgan fingerprint density at radius 1 is 0.667 bits per heavy atom. The molecule has 1 heterocycles. The number of aromatic nitrogens is 3. The molecular weight excluding hydrogens is 542 g/mol. The van der Waals surface area contributed by atoms with Crippen LogP contribution in [-0.2, 0) is 0 Å². The largest absolute Gasteiger partial charge is 0.208 e. The summed E-state index contributed by atoms with van der Waals surface area (Å²) >= 11 is 3.50. The van der Waals surface area contributed by atoms with Crippen LogP contribution >= 0.6 is 15.9 Å². The van der Waals surface area contributed by atoms with Crippen molar-refractivity contribution in [3.63, 3.8) is 0 Å². The quantitative estimate of drug-likeness (QED) is 0.205. The zero-order chi connectivity index (χ0) is 28.5. The molecule has 39 heavy (non-hydrogen) atoms. The molecule has 0 aliphatic heterocycles. The highest BCUT2D eigenvalue weighted by molar-refractivity contribution is 9.10. The molecule has 3 nitrogen and oxygen atoms in total. The SMILES string of the molecule is C=C/C=C(\C=C/C)c1nc(-c2ccccc2)nc(-c2cccc(-c3ccc(Br)cc3)c2)n1.C=C/C=C\C.CC. The molecule has 0 bridgehead atoms. The molecule has 0 aliphatic carbocycles. The van der Waals surface area contributed by atoms with E-state index in [-0.39, 0.29) is 0 Å². The highest BCUT2D eigenvalue weighted by Crippen LogP contribution is 2.28. The number of halogens is 1. The van der Waals surface area contributed by atoms with E-state index in [1.165, 1.54) is 0 Å². The molecule has 0 N–H and O–H groups in total. The number of rotatable bonds is 7. The first kappa shape index (κ1) is 31.1. The zero-order valence-corrected chi connectivity index (χ0v) is 24.8. The normalized spacial score (nSPS) is 10.8. The predicted octanol–water partition coefficient (Wildman–Crippen LogP) is 10.6. The molecule has 0 unspecified atom stereocenters. The van der Waals surface area contributed by atoms with Gasteiger partial charge >= 0.3 is 0 Å². The summed E-state index contributed by atoms with van der Waals surface area (Å²) in [4.78, 5) is 14.4. The van der Waals surface area contributed by atoms with Gasteiger partial charge in [0.05, 0.1) is 0 Å². The van der Waals surface area contributed by atoms with E-state index in [0.717, 1.165) is 32.3 Å². The lowest BCUT2D eigenvalue weighted by Crippen LogP contribution is -2.02. The van der Waals surface area contributed by atoms with Gasteiger partial charge in [0.2, 0.25) is 0 Å². The first-order valence-electron chi connectivity index (χ1n) is 13.0. The maximum absolute atomic E-state index is 4.82. The summed E-state index contributed by atoms with van der Waals surface area (Å²) in [5, 5.41) is 0. The molecule has 0 aliphatic rings. The highest BCUT2D eigenvalue weighted by atomic mass is 79.9. The molecule has 0 saturated heterocycles. The molecule has 4 rings (SSSR count). The second-order valence-corrected chi connectivity index (χ2v) is 8.79. The zero-order valence-electron chi connectivity index (χ0n) is 23.2. The van der Waals surface area contributed by atoms with Crippen molar-refractivity contribution in [3.8, 4) is 33.9 Å². The Morgan fingerprint density at radius 3 is 1.85 bits per heavy atom. The van der Waals surface area contributed by atoms with Gasteiger partial charge in [-0.25, -0.2) is 15.0 Å². The lowest BCUT2D eigenvalue weighted by atomic mass is 10.0. The maximum atomic E-state index is 4.82. The second-order valence-electron chi connectivity index (χ2n) is 7.88.